The zero-order valence-electron chi connectivity index (χ0n) is 13.8. The highest BCUT2D eigenvalue weighted by atomic mass is 32.2. The molecule has 4 heteroatoms. The van der Waals surface area contributed by atoms with Gasteiger partial charge in [-0.15, -0.1) is 0 Å². The minimum absolute atomic E-state index is 0.0741. The molecular weight excluding hydrogens is 282 g/mol. The van der Waals surface area contributed by atoms with Crippen molar-refractivity contribution in [1.82, 2.24) is 4.72 Å². The molecular formula is C17H27NO2S. The van der Waals surface area contributed by atoms with Gasteiger partial charge in [-0.3, -0.25) is 0 Å². The van der Waals surface area contributed by atoms with Crippen LogP contribution < -0.4 is 4.72 Å². The van der Waals surface area contributed by atoms with Crippen molar-refractivity contribution < 1.29 is 8.42 Å². The maximum Gasteiger partial charge on any atom is 0.241 e. The number of hydrogen-bond donors (Lipinski definition) is 1. The summed E-state index contributed by atoms with van der Waals surface area (Å²) in [6.07, 6.45) is 4.38. The Labute approximate surface area is 129 Å². The van der Waals surface area contributed by atoms with Crippen molar-refractivity contribution in [3.63, 3.8) is 0 Å². The van der Waals surface area contributed by atoms with E-state index >= 15 is 0 Å². The lowest BCUT2D eigenvalue weighted by Gasteiger charge is -2.29. The summed E-state index contributed by atoms with van der Waals surface area (Å²) in [5.41, 5.74) is 4.16. The first kappa shape index (κ1) is 16.5. The van der Waals surface area contributed by atoms with E-state index in [2.05, 4.69) is 11.6 Å². The van der Waals surface area contributed by atoms with Gasteiger partial charge in [0.25, 0.3) is 0 Å². The zero-order chi connectivity index (χ0) is 15.8. The molecule has 1 aromatic rings. The summed E-state index contributed by atoms with van der Waals surface area (Å²) in [6.45, 7) is 10.1. The van der Waals surface area contributed by atoms with Gasteiger partial charge in [-0.05, 0) is 74.8 Å². The van der Waals surface area contributed by atoms with Crippen molar-refractivity contribution in [2.45, 2.75) is 71.2 Å². The third-order valence-electron chi connectivity index (χ3n) is 5.14. The highest BCUT2D eigenvalue weighted by Crippen LogP contribution is 2.28. The minimum atomic E-state index is -3.44. The molecule has 0 unspecified atom stereocenters. The van der Waals surface area contributed by atoms with Crippen molar-refractivity contribution in [3.8, 4) is 0 Å². The first-order chi connectivity index (χ1) is 9.74. The van der Waals surface area contributed by atoms with Crippen molar-refractivity contribution in [2.75, 3.05) is 0 Å². The van der Waals surface area contributed by atoms with Gasteiger partial charge in [-0.25, -0.2) is 13.1 Å². The SMILES string of the molecule is Cc1cc(S(=O)(=O)N[C@@H]2CCCC[C@H]2C)c(C)c(C)c1C. The number of benzene rings is 1. The molecule has 1 aliphatic rings. The third kappa shape index (κ3) is 3.32. The van der Waals surface area contributed by atoms with Crippen LogP contribution in [0, 0.1) is 33.6 Å². The summed E-state index contributed by atoms with van der Waals surface area (Å²) < 4.78 is 28.5. The fourth-order valence-electron chi connectivity index (χ4n) is 3.21. The third-order valence-corrected chi connectivity index (χ3v) is 6.76. The lowest BCUT2D eigenvalue weighted by Crippen LogP contribution is -2.41. The lowest BCUT2D eigenvalue weighted by atomic mass is 9.87. The summed E-state index contributed by atoms with van der Waals surface area (Å²) in [5, 5.41) is 0. The van der Waals surface area contributed by atoms with Crippen LogP contribution in [0.3, 0.4) is 0 Å². The van der Waals surface area contributed by atoms with Crippen LogP contribution in [0.15, 0.2) is 11.0 Å². The molecule has 0 saturated heterocycles. The molecule has 1 N–H and O–H groups in total. The Hall–Kier alpha value is -0.870. The quantitative estimate of drug-likeness (QED) is 0.923. The van der Waals surface area contributed by atoms with Gasteiger partial charge in [0.1, 0.15) is 0 Å². The summed E-state index contributed by atoms with van der Waals surface area (Å²) in [4.78, 5) is 0.445. The molecule has 0 heterocycles. The van der Waals surface area contributed by atoms with Crippen LogP contribution in [0.25, 0.3) is 0 Å². The van der Waals surface area contributed by atoms with Crippen molar-refractivity contribution in [3.05, 3.63) is 28.3 Å². The Balaban J connectivity index is 2.36. The Morgan fingerprint density at radius 3 is 2.24 bits per heavy atom. The van der Waals surface area contributed by atoms with E-state index in [1.54, 1.807) is 0 Å². The molecule has 2 atom stereocenters. The normalized spacial score (nSPS) is 23.3. The zero-order valence-corrected chi connectivity index (χ0v) is 14.6. The van der Waals surface area contributed by atoms with Gasteiger partial charge in [0.05, 0.1) is 4.90 Å². The van der Waals surface area contributed by atoms with Crippen LogP contribution in [0.1, 0.15) is 54.9 Å². The van der Waals surface area contributed by atoms with E-state index in [0.29, 0.717) is 10.8 Å². The molecule has 21 heavy (non-hydrogen) atoms. The average molecular weight is 309 g/mol. The fourth-order valence-corrected chi connectivity index (χ4v) is 4.97. The molecule has 0 aliphatic heterocycles. The van der Waals surface area contributed by atoms with E-state index in [0.717, 1.165) is 36.0 Å². The molecule has 0 aromatic heterocycles. The molecule has 0 spiro atoms. The van der Waals surface area contributed by atoms with Crippen LogP contribution in [-0.4, -0.2) is 14.5 Å². The predicted octanol–water partition coefficient (Wildman–Crippen LogP) is 3.78. The largest absolute Gasteiger partial charge is 0.241 e. The Morgan fingerprint density at radius 1 is 1.00 bits per heavy atom. The molecule has 0 radical (unpaired) electrons. The molecule has 118 valence electrons. The van der Waals surface area contributed by atoms with Gasteiger partial charge in [-0.1, -0.05) is 19.8 Å². The van der Waals surface area contributed by atoms with Gasteiger partial charge < -0.3 is 0 Å². The Morgan fingerprint density at radius 2 is 1.62 bits per heavy atom. The van der Waals surface area contributed by atoms with E-state index < -0.39 is 10.0 Å². The minimum Gasteiger partial charge on any atom is -0.208 e. The Bertz CT molecular complexity index is 635. The van der Waals surface area contributed by atoms with E-state index in [1.165, 1.54) is 12.0 Å². The van der Waals surface area contributed by atoms with Crippen LogP contribution in [0.5, 0.6) is 0 Å². The van der Waals surface area contributed by atoms with E-state index in [9.17, 15) is 8.42 Å². The van der Waals surface area contributed by atoms with Crippen molar-refractivity contribution in [2.24, 2.45) is 5.92 Å². The van der Waals surface area contributed by atoms with Crippen LogP contribution in [-0.2, 0) is 10.0 Å². The van der Waals surface area contributed by atoms with Gasteiger partial charge >= 0.3 is 0 Å². The summed E-state index contributed by atoms with van der Waals surface area (Å²) in [5.74, 6) is 0.418. The topological polar surface area (TPSA) is 46.2 Å². The number of rotatable bonds is 3. The number of aryl methyl sites for hydroxylation is 1. The van der Waals surface area contributed by atoms with Crippen LogP contribution in [0.4, 0.5) is 0 Å². The monoisotopic (exact) mass is 309 g/mol. The standard InChI is InChI=1S/C17H27NO2S/c1-11-8-6-7-9-16(11)18-21(19,20)17-10-12(2)13(3)14(4)15(17)5/h10-11,16,18H,6-9H2,1-5H3/t11-,16-/m1/s1. The summed E-state index contributed by atoms with van der Waals surface area (Å²) >= 11 is 0. The molecule has 3 nitrogen and oxygen atoms in total. The first-order valence-electron chi connectivity index (χ1n) is 7.83. The highest BCUT2D eigenvalue weighted by Gasteiger charge is 2.28. The van der Waals surface area contributed by atoms with Gasteiger partial charge in [0.15, 0.2) is 0 Å². The molecule has 2 rings (SSSR count). The van der Waals surface area contributed by atoms with Gasteiger partial charge in [0.2, 0.25) is 10.0 Å². The second kappa shape index (κ2) is 6.09. The molecule has 0 bridgehead atoms. The van der Waals surface area contributed by atoms with E-state index in [-0.39, 0.29) is 6.04 Å². The average Bonchev–Trinajstić information content (AvgIpc) is 2.42. The van der Waals surface area contributed by atoms with Crippen LogP contribution in [0.2, 0.25) is 0 Å². The number of sulfonamides is 1. The second-order valence-electron chi connectivity index (χ2n) is 6.56. The van der Waals surface area contributed by atoms with Crippen molar-refractivity contribution in [1.29, 1.82) is 0 Å². The highest BCUT2D eigenvalue weighted by molar-refractivity contribution is 7.89. The number of nitrogens with one attached hydrogen (secondary N) is 1. The first-order valence-corrected chi connectivity index (χ1v) is 9.32. The summed E-state index contributed by atoms with van der Waals surface area (Å²) in [6, 6.07) is 1.89. The predicted molar refractivity (Wildman–Crippen MR) is 87.1 cm³/mol. The molecule has 1 fully saturated rings. The maximum absolute atomic E-state index is 12.8. The fraction of sp³-hybridized carbons (Fsp3) is 0.647. The van der Waals surface area contributed by atoms with Crippen LogP contribution >= 0.6 is 0 Å². The Kier molecular flexibility index (Phi) is 4.79. The lowest BCUT2D eigenvalue weighted by molar-refractivity contribution is 0.310. The van der Waals surface area contributed by atoms with E-state index in [1.807, 2.05) is 33.8 Å². The van der Waals surface area contributed by atoms with E-state index in [4.69, 9.17) is 0 Å². The maximum atomic E-state index is 12.8. The van der Waals surface area contributed by atoms with Gasteiger partial charge in [0, 0.05) is 6.04 Å². The van der Waals surface area contributed by atoms with Gasteiger partial charge in [-0.2, -0.15) is 0 Å². The molecule has 1 aromatic carbocycles. The second-order valence-corrected chi connectivity index (χ2v) is 8.24. The molecule has 0 amide bonds. The molecule has 1 saturated carbocycles. The smallest absolute Gasteiger partial charge is 0.208 e. The number of hydrogen-bond acceptors (Lipinski definition) is 2. The summed E-state index contributed by atoms with van der Waals surface area (Å²) in [7, 11) is -3.44. The van der Waals surface area contributed by atoms with Crippen molar-refractivity contribution >= 4 is 10.0 Å². The molecule has 1 aliphatic carbocycles.